The molecule has 2 aliphatic carbocycles. The van der Waals surface area contributed by atoms with Crippen LogP contribution in [-0.2, 0) is 19.1 Å². The summed E-state index contributed by atoms with van der Waals surface area (Å²) in [5, 5.41) is 6.15. The fourth-order valence-electron chi connectivity index (χ4n) is 7.78. The van der Waals surface area contributed by atoms with Crippen LogP contribution in [0.2, 0.25) is 0 Å². The van der Waals surface area contributed by atoms with Crippen molar-refractivity contribution < 1.29 is 23.5 Å². The number of rotatable bonds is 5. The summed E-state index contributed by atoms with van der Waals surface area (Å²) < 4.78 is 20.1. The molecule has 7 nitrogen and oxygen atoms in total. The van der Waals surface area contributed by atoms with E-state index in [1.165, 1.54) is 30.7 Å². The van der Waals surface area contributed by atoms with Crippen molar-refractivity contribution in [2.24, 2.45) is 11.8 Å². The predicted molar refractivity (Wildman–Crippen MR) is 141 cm³/mol. The molecule has 2 N–H and O–H groups in total. The van der Waals surface area contributed by atoms with E-state index >= 15 is 0 Å². The average Bonchev–Trinajstić information content (AvgIpc) is 3.34. The van der Waals surface area contributed by atoms with Gasteiger partial charge >= 0.3 is 0 Å². The van der Waals surface area contributed by atoms with Crippen LogP contribution in [0.5, 0.6) is 0 Å². The number of ether oxygens (including phenoxy) is 1. The molecular weight excluding hydrogens is 485 g/mol. The van der Waals surface area contributed by atoms with Gasteiger partial charge in [0.05, 0.1) is 17.4 Å². The normalized spacial score (nSPS) is 35.3. The first-order chi connectivity index (χ1) is 18.3. The molecule has 3 aliphatic heterocycles. The Morgan fingerprint density at radius 3 is 2.24 bits per heavy atom. The van der Waals surface area contributed by atoms with Gasteiger partial charge in [-0.1, -0.05) is 57.1 Å². The summed E-state index contributed by atoms with van der Waals surface area (Å²) in [7, 11) is 0. The Labute approximate surface area is 223 Å². The lowest BCUT2D eigenvalue weighted by Gasteiger charge is -2.38. The van der Waals surface area contributed by atoms with Crippen LogP contribution in [0.15, 0.2) is 36.4 Å². The van der Waals surface area contributed by atoms with Gasteiger partial charge in [0.1, 0.15) is 17.5 Å². The molecule has 2 saturated heterocycles. The number of fused-ring (bicyclic) bond motifs is 1. The molecule has 0 aromatic heterocycles. The minimum Gasteiger partial charge on any atom is -0.356 e. The molecule has 3 amide bonds. The molecule has 1 spiro atoms. The number of likely N-dealkylation sites (tertiary alicyclic amines) is 1. The maximum absolute atomic E-state index is 14.3. The van der Waals surface area contributed by atoms with E-state index in [1.54, 1.807) is 0 Å². The van der Waals surface area contributed by atoms with Gasteiger partial charge in [-0.25, -0.2) is 4.39 Å². The van der Waals surface area contributed by atoms with Gasteiger partial charge in [-0.2, -0.15) is 0 Å². The summed E-state index contributed by atoms with van der Waals surface area (Å²) in [6.45, 7) is 1.82. The van der Waals surface area contributed by atoms with E-state index < -0.39 is 34.9 Å². The van der Waals surface area contributed by atoms with Crippen LogP contribution in [0.3, 0.4) is 0 Å². The van der Waals surface area contributed by atoms with Gasteiger partial charge in [-0.05, 0) is 56.9 Å². The lowest BCUT2D eigenvalue weighted by atomic mass is 9.70. The molecule has 0 unspecified atom stereocenters. The monoisotopic (exact) mass is 523 g/mol. The number of anilines is 1. The molecular formula is C30H38FN3O4. The molecule has 6 rings (SSSR count). The third kappa shape index (κ3) is 4.16. The molecule has 5 atom stereocenters. The quantitative estimate of drug-likeness (QED) is 0.440. The van der Waals surface area contributed by atoms with Gasteiger partial charge in [0, 0.05) is 17.8 Å². The van der Waals surface area contributed by atoms with Crippen molar-refractivity contribution >= 4 is 23.4 Å². The largest absolute Gasteiger partial charge is 0.356 e. The molecule has 0 radical (unpaired) electrons. The van der Waals surface area contributed by atoms with E-state index in [9.17, 15) is 18.8 Å². The zero-order chi connectivity index (χ0) is 26.5. The Morgan fingerprint density at radius 1 is 0.921 bits per heavy atom. The van der Waals surface area contributed by atoms with E-state index in [2.05, 4.69) is 10.6 Å². The molecule has 1 aromatic rings. The van der Waals surface area contributed by atoms with E-state index in [-0.39, 0.29) is 29.8 Å². The number of hydrogen-bond donors (Lipinski definition) is 2. The van der Waals surface area contributed by atoms with Crippen LogP contribution < -0.4 is 10.6 Å². The van der Waals surface area contributed by atoms with Crippen molar-refractivity contribution in [3.63, 3.8) is 0 Å². The second kappa shape index (κ2) is 9.78. The van der Waals surface area contributed by atoms with E-state index in [0.717, 1.165) is 64.2 Å². The maximum Gasteiger partial charge on any atom is 0.246 e. The summed E-state index contributed by atoms with van der Waals surface area (Å²) in [5.74, 6) is -2.65. The van der Waals surface area contributed by atoms with Crippen molar-refractivity contribution in [2.45, 2.75) is 107 Å². The third-order valence-electron chi connectivity index (χ3n) is 9.55. The van der Waals surface area contributed by atoms with Crippen LogP contribution in [-0.4, -0.2) is 51.9 Å². The summed E-state index contributed by atoms with van der Waals surface area (Å²) in [5.41, 5.74) is -1.73. The van der Waals surface area contributed by atoms with Gasteiger partial charge in [0.25, 0.3) is 0 Å². The number of amides is 3. The first-order valence-electron chi connectivity index (χ1n) is 14.4. The van der Waals surface area contributed by atoms with Gasteiger partial charge in [0.2, 0.25) is 17.7 Å². The maximum atomic E-state index is 14.3. The number of halogens is 1. The van der Waals surface area contributed by atoms with E-state index in [1.807, 2.05) is 24.0 Å². The molecule has 38 heavy (non-hydrogen) atoms. The topological polar surface area (TPSA) is 87.7 Å². The molecule has 1 aromatic carbocycles. The van der Waals surface area contributed by atoms with E-state index in [4.69, 9.17) is 4.74 Å². The first kappa shape index (κ1) is 25.5. The Balaban J connectivity index is 1.35. The second-order valence-corrected chi connectivity index (χ2v) is 12.1. The van der Waals surface area contributed by atoms with Crippen LogP contribution in [0.4, 0.5) is 10.1 Å². The number of carbonyl (C=O) groups excluding carboxylic acids is 3. The summed E-state index contributed by atoms with van der Waals surface area (Å²) >= 11 is 0. The molecule has 204 valence electrons. The minimum atomic E-state index is -1.18. The number of benzene rings is 1. The Morgan fingerprint density at radius 2 is 1.55 bits per heavy atom. The number of carbonyl (C=O) groups is 3. The van der Waals surface area contributed by atoms with Crippen LogP contribution in [0, 0.1) is 17.7 Å². The van der Waals surface area contributed by atoms with Crippen molar-refractivity contribution in [3.05, 3.63) is 42.2 Å². The number of nitrogens with zero attached hydrogens (tertiary/aromatic N) is 1. The number of nitrogens with one attached hydrogen (secondary N) is 2. The van der Waals surface area contributed by atoms with Gasteiger partial charge in [0.15, 0.2) is 0 Å². The molecule has 2 bridgehead atoms. The highest BCUT2D eigenvalue weighted by atomic mass is 19.1. The van der Waals surface area contributed by atoms with Crippen molar-refractivity contribution in [1.29, 1.82) is 0 Å². The molecule has 3 heterocycles. The highest BCUT2D eigenvalue weighted by Gasteiger charge is 2.76. The van der Waals surface area contributed by atoms with Crippen LogP contribution in [0.25, 0.3) is 0 Å². The molecule has 2 saturated carbocycles. The first-order valence-corrected chi connectivity index (χ1v) is 14.4. The zero-order valence-electron chi connectivity index (χ0n) is 22.1. The third-order valence-corrected chi connectivity index (χ3v) is 9.55. The standard InChI is InChI=1S/C30H38FN3O4/c1-29-17-18-30(38-29)24(23(29)26(35)32-21-15-13-19(31)14-16-21)28(37)34(22-11-7-2-3-8-12-22)25(30)27(36)33-20-9-5-4-6-10-20/h13-18,20,22-25H,2-12H2,1H3,(H,32,35)(H,33,36)/t23-,24-,25-,29-,30-/m0/s1. The van der Waals surface area contributed by atoms with Crippen LogP contribution in [0.1, 0.15) is 77.6 Å². The number of hydrogen-bond acceptors (Lipinski definition) is 4. The second-order valence-electron chi connectivity index (χ2n) is 12.1. The minimum absolute atomic E-state index is 0.0447. The SMILES string of the molecule is C[C@@]12C=C[C@]3(O1)[C@H](C(=O)N(C1CCCCCC1)[C@H]3C(=O)NC1CCCCC1)[C@H]2C(=O)Nc1ccc(F)cc1. The van der Waals surface area contributed by atoms with Gasteiger partial charge < -0.3 is 20.3 Å². The predicted octanol–water partition coefficient (Wildman–Crippen LogP) is 4.48. The molecule has 8 heteroatoms. The lowest BCUT2D eigenvalue weighted by Crippen LogP contribution is -2.58. The van der Waals surface area contributed by atoms with Crippen molar-refractivity contribution in [1.82, 2.24) is 10.2 Å². The van der Waals surface area contributed by atoms with Gasteiger partial charge in [-0.3, -0.25) is 14.4 Å². The van der Waals surface area contributed by atoms with Gasteiger partial charge in [-0.15, -0.1) is 0 Å². The fraction of sp³-hybridized carbons (Fsp3) is 0.633. The zero-order valence-corrected chi connectivity index (χ0v) is 22.1. The van der Waals surface area contributed by atoms with Crippen molar-refractivity contribution in [3.8, 4) is 0 Å². The van der Waals surface area contributed by atoms with Crippen LogP contribution >= 0.6 is 0 Å². The highest BCUT2D eigenvalue weighted by molar-refractivity contribution is 6.03. The molecule has 4 fully saturated rings. The molecule has 5 aliphatic rings. The summed E-state index contributed by atoms with van der Waals surface area (Å²) in [4.78, 5) is 43.9. The summed E-state index contributed by atoms with van der Waals surface area (Å²) in [6, 6.07) is 4.84. The fourth-order valence-corrected chi connectivity index (χ4v) is 7.78. The Kier molecular flexibility index (Phi) is 6.57. The lowest BCUT2D eigenvalue weighted by molar-refractivity contribution is -0.147. The van der Waals surface area contributed by atoms with Crippen molar-refractivity contribution in [2.75, 3.05) is 5.32 Å². The average molecular weight is 524 g/mol. The summed E-state index contributed by atoms with van der Waals surface area (Å²) in [6.07, 6.45) is 15.0. The van der Waals surface area contributed by atoms with E-state index in [0.29, 0.717) is 5.69 Å². The smallest absolute Gasteiger partial charge is 0.246 e. The highest BCUT2D eigenvalue weighted by Crippen LogP contribution is 2.60. The Hall–Kier alpha value is -2.74. The Bertz CT molecular complexity index is 1120.